The number of rotatable bonds is 3. The zero-order valence-electron chi connectivity index (χ0n) is 9.66. The molecule has 1 atom stereocenters. The molecule has 1 nitrogen and oxygen atoms in total. The summed E-state index contributed by atoms with van der Waals surface area (Å²) in [6.45, 7) is 0. The second-order valence-electron chi connectivity index (χ2n) is 4.60. The van der Waals surface area contributed by atoms with Gasteiger partial charge in [0, 0.05) is 12.1 Å². The van der Waals surface area contributed by atoms with Crippen LogP contribution in [0.4, 0.5) is 8.78 Å². The first-order valence-corrected chi connectivity index (χ1v) is 7.10. The van der Waals surface area contributed by atoms with Crippen molar-refractivity contribution in [2.45, 2.75) is 25.3 Å². The lowest BCUT2D eigenvalue weighted by atomic mass is 9.91. The Kier molecular flexibility index (Phi) is 4.40. The molecule has 4 heteroatoms. The van der Waals surface area contributed by atoms with E-state index in [1.165, 1.54) is 23.6 Å². The summed E-state index contributed by atoms with van der Waals surface area (Å²) in [6.07, 6.45) is 3.15. The van der Waals surface area contributed by atoms with Crippen LogP contribution in [0.2, 0.25) is 0 Å². The fraction of sp³-hybridized carbons (Fsp3) is 0.538. The van der Waals surface area contributed by atoms with Crippen LogP contribution in [0.1, 0.15) is 30.9 Å². The van der Waals surface area contributed by atoms with Gasteiger partial charge in [-0.05, 0) is 54.4 Å². The van der Waals surface area contributed by atoms with Gasteiger partial charge in [-0.1, -0.05) is 0 Å². The number of thioether (sulfide) groups is 1. The summed E-state index contributed by atoms with van der Waals surface area (Å²) in [7, 11) is 0. The average Bonchev–Trinajstić information content (AvgIpc) is 2.29. The number of nitrogens with two attached hydrogens (primary N) is 1. The summed E-state index contributed by atoms with van der Waals surface area (Å²) in [4.78, 5) is 0. The number of benzene rings is 1. The summed E-state index contributed by atoms with van der Waals surface area (Å²) in [5, 5.41) is 0. The molecule has 0 aromatic heterocycles. The first-order valence-electron chi connectivity index (χ1n) is 5.94. The second kappa shape index (κ2) is 5.83. The Balaban J connectivity index is 2.00. The summed E-state index contributed by atoms with van der Waals surface area (Å²) in [6, 6.07) is 3.30. The van der Waals surface area contributed by atoms with Crippen molar-refractivity contribution in [1.29, 1.82) is 0 Å². The zero-order valence-corrected chi connectivity index (χ0v) is 10.5. The average molecular weight is 257 g/mol. The molecule has 1 aromatic rings. The molecule has 0 amide bonds. The highest BCUT2D eigenvalue weighted by molar-refractivity contribution is 7.99. The van der Waals surface area contributed by atoms with Crippen molar-refractivity contribution in [2.24, 2.45) is 11.7 Å². The van der Waals surface area contributed by atoms with Crippen LogP contribution in [-0.2, 0) is 0 Å². The molecule has 0 spiro atoms. The van der Waals surface area contributed by atoms with E-state index in [9.17, 15) is 8.78 Å². The minimum atomic E-state index is -0.547. The Morgan fingerprint density at radius 2 is 1.76 bits per heavy atom. The van der Waals surface area contributed by atoms with E-state index in [4.69, 9.17) is 5.73 Å². The van der Waals surface area contributed by atoms with Crippen molar-refractivity contribution in [1.82, 2.24) is 0 Å². The van der Waals surface area contributed by atoms with Gasteiger partial charge in [0.1, 0.15) is 11.6 Å². The molecule has 1 saturated heterocycles. The van der Waals surface area contributed by atoms with Crippen molar-refractivity contribution in [2.75, 3.05) is 11.5 Å². The smallest absolute Gasteiger partial charge is 0.126 e. The fourth-order valence-corrected chi connectivity index (χ4v) is 3.47. The van der Waals surface area contributed by atoms with E-state index in [0.717, 1.165) is 25.3 Å². The number of hydrogen-bond donors (Lipinski definition) is 1. The van der Waals surface area contributed by atoms with E-state index in [0.29, 0.717) is 11.5 Å². The highest BCUT2D eigenvalue weighted by Gasteiger charge is 2.18. The van der Waals surface area contributed by atoms with E-state index in [1.807, 2.05) is 11.8 Å². The van der Waals surface area contributed by atoms with Gasteiger partial charge in [0.15, 0.2) is 0 Å². The van der Waals surface area contributed by atoms with Gasteiger partial charge in [-0.3, -0.25) is 0 Å². The van der Waals surface area contributed by atoms with Crippen LogP contribution in [0.25, 0.3) is 0 Å². The van der Waals surface area contributed by atoms with Gasteiger partial charge in [0.2, 0.25) is 0 Å². The first kappa shape index (κ1) is 12.8. The topological polar surface area (TPSA) is 26.0 Å². The van der Waals surface area contributed by atoms with Gasteiger partial charge < -0.3 is 5.73 Å². The molecular weight excluding hydrogens is 240 g/mol. The SMILES string of the molecule is NC(CC1CCSCC1)c1cc(F)cc(F)c1. The van der Waals surface area contributed by atoms with Crippen molar-refractivity contribution >= 4 is 11.8 Å². The molecule has 17 heavy (non-hydrogen) atoms. The minimum Gasteiger partial charge on any atom is -0.324 e. The third-order valence-electron chi connectivity index (χ3n) is 3.24. The molecule has 94 valence electrons. The van der Waals surface area contributed by atoms with Gasteiger partial charge in [0.25, 0.3) is 0 Å². The van der Waals surface area contributed by atoms with E-state index in [1.54, 1.807) is 0 Å². The number of halogens is 2. The van der Waals surface area contributed by atoms with Crippen LogP contribution >= 0.6 is 11.8 Å². The van der Waals surface area contributed by atoms with Gasteiger partial charge in [-0.2, -0.15) is 11.8 Å². The second-order valence-corrected chi connectivity index (χ2v) is 5.83. The van der Waals surface area contributed by atoms with Gasteiger partial charge in [-0.25, -0.2) is 8.78 Å². The Labute approximate surface area is 105 Å². The molecule has 1 fully saturated rings. The maximum Gasteiger partial charge on any atom is 0.126 e. The molecule has 0 radical (unpaired) electrons. The van der Waals surface area contributed by atoms with E-state index >= 15 is 0 Å². The van der Waals surface area contributed by atoms with Crippen molar-refractivity contribution in [3.63, 3.8) is 0 Å². The molecule has 0 bridgehead atoms. The summed E-state index contributed by atoms with van der Waals surface area (Å²) in [5.41, 5.74) is 6.59. The predicted octanol–water partition coefficient (Wildman–Crippen LogP) is 3.50. The number of hydrogen-bond acceptors (Lipinski definition) is 2. The molecule has 1 heterocycles. The summed E-state index contributed by atoms with van der Waals surface area (Å²) < 4.78 is 26.1. The zero-order chi connectivity index (χ0) is 12.3. The van der Waals surface area contributed by atoms with Crippen molar-refractivity contribution in [3.05, 3.63) is 35.4 Å². The maximum atomic E-state index is 13.1. The molecular formula is C13H17F2NS. The third kappa shape index (κ3) is 3.68. The van der Waals surface area contributed by atoms with Gasteiger partial charge >= 0.3 is 0 Å². The lowest BCUT2D eigenvalue weighted by Gasteiger charge is -2.24. The van der Waals surface area contributed by atoms with Crippen LogP contribution in [-0.4, -0.2) is 11.5 Å². The van der Waals surface area contributed by atoms with Crippen LogP contribution in [0.15, 0.2) is 18.2 Å². The summed E-state index contributed by atoms with van der Waals surface area (Å²) in [5.74, 6) is 1.85. The Morgan fingerprint density at radius 3 is 2.35 bits per heavy atom. The third-order valence-corrected chi connectivity index (χ3v) is 4.29. The Morgan fingerprint density at radius 1 is 1.18 bits per heavy atom. The van der Waals surface area contributed by atoms with Crippen LogP contribution in [0, 0.1) is 17.6 Å². The van der Waals surface area contributed by atoms with Crippen LogP contribution < -0.4 is 5.73 Å². The van der Waals surface area contributed by atoms with E-state index in [-0.39, 0.29) is 6.04 Å². The molecule has 1 aliphatic heterocycles. The summed E-state index contributed by atoms with van der Waals surface area (Å²) >= 11 is 1.97. The maximum absolute atomic E-state index is 13.1. The molecule has 2 N–H and O–H groups in total. The Hall–Kier alpha value is -0.610. The van der Waals surface area contributed by atoms with E-state index < -0.39 is 11.6 Å². The van der Waals surface area contributed by atoms with Gasteiger partial charge in [0.05, 0.1) is 0 Å². The largest absolute Gasteiger partial charge is 0.324 e. The molecule has 1 aromatic carbocycles. The normalized spacial score (nSPS) is 19.2. The quantitative estimate of drug-likeness (QED) is 0.897. The first-order chi connectivity index (χ1) is 8.15. The molecule has 1 unspecified atom stereocenters. The monoisotopic (exact) mass is 257 g/mol. The highest BCUT2D eigenvalue weighted by atomic mass is 32.2. The lowest BCUT2D eigenvalue weighted by Crippen LogP contribution is -2.19. The van der Waals surface area contributed by atoms with Crippen LogP contribution in [0.5, 0.6) is 0 Å². The molecule has 0 saturated carbocycles. The predicted molar refractivity (Wildman–Crippen MR) is 68.0 cm³/mol. The van der Waals surface area contributed by atoms with Gasteiger partial charge in [-0.15, -0.1) is 0 Å². The molecule has 0 aliphatic carbocycles. The lowest BCUT2D eigenvalue weighted by molar-refractivity contribution is 0.411. The Bertz CT molecular complexity index is 357. The fourth-order valence-electron chi connectivity index (χ4n) is 2.27. The van der Waals surface area contributed by atoms with Crippen molar-refractivity contribution in [3.8, 4) is 0 Å². The molecule has 1 aliphatic rings. The standard InChI is InChI=1S/C13H17F2NS/c14-11-6-10(7-12(15)8-11)13(16)5-9-1-3-17-4-2-9/h6-9,13H,1-5,16H2. The van der Waals surface area contributed by atoms with Crippen LogP contribution in [0.3, 0.4) is 0 Å². The minimum absolute atomic E-state index is 0.256. The van der Waals surface area contributed by atoms with Crippen molar-refractivity contribution < 1.29 is 8.78 Å². The van der Waals surface area contributed by atoms with E-state index in [2.05, 4.69) is 0 Å². The highest BCUT2D eigenvalue weighted by Crippen LogP contribution is 2.30. The molecule has 2 rings (SSSR count).